The number of nitro groups is 1. The van der Waals surface area contributed by atoms with Gasteiger partial charge in [0, 0.05) is 6.07 Å². The number of benzene rings is 1. The second-order valence-electron chi connectivity index (χ2n) is 2.60. The molecule has 0 fully saturated rings. The van der Waals surface area contributed by atoms with E-state index in [0.29, 0.717) is 0 Å². The molecular weight excluding hydrogens is 200 g/mol. The predicted octanol–water partition coefficient (Wildman–Crippen LogP) is 1.48. The predicted molar refractivity (Wildman–Crippen MR) is 50.9 cm³/mol. The van der Waals surface area contributed by atoms with Crippen molar-refractivity contribution in [2.24, 2.45) is 0 Å². The molecule has 1 rings (SSSR count). The number of methoxy groups -OCH3 is 2. The van der Waals surface area contributed by atoms with Crippen molar-refractivity contribution >= 4 is 5.69 Å². The average molecular weight is 208 g/mol. The highest BCUT2D eigenvalue weighted by atomic mass is 16.6. The number of hydrogen-bond donors (Lipinski definition) is 0. The Labute approximate surface area is 85.8 Å². The van der Waals surface area contributed by atoms with Gasteiger partial charge in [0.2, 0.25) is 5.75 Å². The van der Waals surface area contributed by atoms with E-state index in [9.17, 15) is 10.1 Å². The molecule has 6 heteroatoms. The number of ether oxygens (including phenoxy) is 2. The highest BCUT2D eigenvalue weighted by Crippen LogP contribution is 2.34. The summed E-state index contributed by atoms with van der Waals surface area (Å²) in [4.78, 5) is 10.1. The molecule has 78 valence electrons. The molecule has 0 radical (unpaired) electrons. The molecule has 0 spiro atoms. The molecule has 0 saturated heterocycles. The second kappa shape index (κ2) is 4.28. The lowest BCUT2D eigenvalue weighted by Crippen LogP contribution is -1.97. The van der Waals surface area contributed by atoms with E-state index in [1.165, 1.54) is 26.4 Å². The summed E-state index contributed by atoms with van der Waals surface area (Å²) in [6, 6.07) is 4.40. The summed E-state index contributed by atoms with van der Waals surface area (Å²) in [5.74, 6) is 0.197. The number of nitro benzene ring substituents is 1. The molecule has 0 aliphatic rings. The van der Waals surface area contributed by atoms with Gasteiger partial charge in [-0.05, 0) is 0 Å². The number of hydrogen-bond acceptors (Lipinski definition) is 5. The van der Waals surface area contributed by atoms with Crippen LogP contribution in [0.25, 0.3) is 0 Å². The highest BCUT2D eigenvalue weighted by molar-refractivity contribution is 5.60. The quantitative estimate of drug-likeness (QED) is 0.554. The molecule has 0 unspecified atom stereocenters. The van der Waals surface area contributed by atoms with Crippen molar-refractivity contribution in [1.29, 1.82) is 5.26 Å². The Morgan fingerprint density at radius 3 is 2.47 bits per heavy atom. The molecule has 0 N–H and O–H groups in total. The van der Waals surface area contributed by atoms with E-state index in [2.05, 4.69) is 0 Å². The van der Waals surface area contributed by atoms with Crippen LogP contribution in [0.5, 0.6) is 11.5 Å². The first-order valence-electron chi connectivity index (χ1n) is 3.94. The maximum absolute atomic E-state index is 10.7. The minimum Gasteiger partial charge on any atom is -0.496 e. The Morgan fingerprint density at radius 2 is 2.07 bits per heavy atom. The van der Waals surface area contributed by atoms with Gasteiger partial charge in [-0.2, -0.15) is 5.26 Å². The lowest BCUT2D eigenvalue weighted by Gasteiger charge is -2.05. The summed E-state index contributed by atoms with van der Waals surface area (Å²) < 4.78 is 9.64. The van der Waals surface area contributed by atoms with Crippen LogP contribution >= 0.6 is 0 Å². The molecule has 0 heterocycles. The van der Waals surface area contributed by atoms with Crippen LogP contribution in [0.3, 0.4) is 0 Å². The van der Waals surface area contributed by atoms with E-state index in [-0.39, 0.29) is 22.7 Å². The first-order valence-corrected chi connectivity index (χ1v) is 3.94. The Balaban J connectivity index is 3.48. The average Bonchev–Trinajstić information content (AvgIpc) is 2.26. The zero-order valence-electron chi connectivity index (χ0n) is 8.18. The van der Waals surface area contributed by atoms with Crippen molar-refractivity contribution in [1.82, 2.24) is 0 Å². The van der Waals surface area contributed by atoms with Gasteiger partial charge in [-0.25, -0.2) is 0 Å². The Morgan fingerprint density at radius 1 is 1.40 bits per heavy atom. The Bertz CT molecular complexity index is 436. The maximum atomic E-state index is 10.7. The molecule has 0 aliphatic heterocycles. The Kier molecular flexibility index (Phi) is 3.08. The molecule has 1 aromatic carbocycles. The third-order valence-electron chi connectivity index (χ3n) is 1.80. The SMILES string of the molecule is COc1cc(C#N)c(OC)c([N+](=O)[O-])c1. The molecule has 6 nitrogen and oxygen atoms in total. The minimum atomic E-state index is -0.623. The van der Waals surface area contributed by atoms with Crippen molar-refractivity contribution in [2.75, 3.05) is 14.2 Å². The molecule has 0 bridgehead atoms. The van der Waals surface area contributed by atoms with E-state index >= 15 is 0 Å². The largest absolute Gasteiger partial charge is 0.496 e. The van der Waals surface area contributed by atoms with Crippen LogP contribution in [0.2, 0.25) is 0 Å². The van der Waals surface area contributed by atoms with Gasteiger partial charge in [-0.15, -0.1) is 0 Å². The van der Waals surface area contributed by atoms with Crippen molar-refractivity contribution in [3.05, 3.63) is 27.8 Å². The normalized spacial score (nSPS) is 9.13. The van der Waals surface area contributed by atoms with Gasteiger partial charge in [-0.3, -0.25) is 10.1 Å². The van der Waals surface area contributed by atoms with Crippen LogP contribution < -0.4 is 9.47 Å². The summed E-state index contributed by atoms with van der Waals surface area (Å²) in [5.41, 5.74) is -0.211. The lowest BCUT2D eigenvalue weighted by molar-refractivity contribution is -0.385. The van der Waals surface area contributed by atoms with Gasteiger partial charge >= 0.3 is 5.69 Å². The standard InChI is InChI=1S/C9H8N2O4/c1-14-7-3-6(5-10)9(15-2)8(4-7)11(12)13/h3-4H,1-2H3. The third-order valence-corrected chi connectivity index (χ3v) is 1.80. The molecule has 0 aliphatic carbocycles. The summed E-state index contributed by atoms with van der Waals surface area (Å²) in [6.07, 6.45) is 0. The molecule has 0 aromatic heterocycles. The van der Waals surface area contributed by atoms with E-state index in [1.807, 2.05) is 6.07 Å². The zero-order chi connectivity index (χ0) is 11.4. The van der Waals surface area contributed by atoms with Gasteiger partial charge in [0.1, 0.15) is 17.4 Å². The summed E-state index contributed by atoms with van der Waals surface area (Å²) in [5, 5.41) is 19.4. The van der Waals surface area contributed by atoms with Crippen LogP contribution in [0, 0.1) is 21.4 Å². The first kappa shape index (κ1) is 10.8. The van der Waals surface area contributed by atoms with Crippen molar-refractivity contribution < 1.29 is 14.4 Å². The fraction of sp³-hybridized carbons (Fsp3) is 0.222. The number of nitriles is 1. The maximum Gasteiger partial charge on any atom is 0.316 e. The molecule has 1 aromatic rings. The number of nitrogens with zero attached hydrogens (tertiary/aromatic N) is 2. The first-order chi connectivity index (χ1) is 7.13. The molecular formula is C9H8N2O4. The lowest BCUT2D eigenvalue weighted by atomic mass is 10.2. The smallest absolute Gasteiger partial charge is 0.316 e. The van der Waals surface area contributed by atoms with Crippen LogP contribution in [0.15, 0.2) is 12.1 Å². The fourth-order valence-corrected chi connectivity index (χ4v) is 1.14. The monoisotopic (exact) mass is 208 g/mol. The fourth-order valence-electron chi connectivity index (χ4n) is 1.14. The van der Waals surface area contributed by atoms with E-state index in [0.717, 1.165) is 0 Å². The zero-order valence-corrected chi connectivity index (χ0v) is 8.18. The second-order valence-corrected chi connectivity index (χ2v) is 2.60. The summed E-state index contributed by atoms with van der Waals surface area (Å²) in [6.45, 7) is 0. The third kappa shape index (κ3) is 1.96. The van der Waals surface area contributed by atoms with Crippen molar-refractivity contribution in [3.8, 4) is 17.6 Å². The van der Waals surface area contributed by atoms with Crippen LogP contribution in [-0.4, -0.2) is 19.1 Å². The van der Waals surface area contributed by atoms with Crippen molar-refractivity contribution in [3.63, 3.8) is 0 Å². The van der Waals surface area contributed by atoms with Gasteiger partial charge < -0.3 is 9.47 Å². The molecule has 0 amide bonds. The molecule has 15 heavy (non-hydrogen) atoms. The van der Waals surface area contributed by atoms with Crippen LogP contribution in [-0.2, 0) is 0 Å². The molecule has 0 saturated carbocycles. The van der Waals surface area contributed by atoms with Crippen LogP contribution in [0.1, 0.15) is 5.56 Å². The summed E-state index contributed by atoms with van der Waals surface area (Å²) in [7, 11) is 2.64. The van der Waals surface area contributed by atoms with E-state index in [1.54, 1.807) is 0 Å². The number of rotatable bonds is 3. The summed E-state index contributed by atoms with van der Waals surface area (Å²) >= 11 is 0. The van der Waals surface area contributed by atoms with Gasteiger partial charge in [0.15, 0.2) is 0 Å². The Hall–Kier alpha value is -2.29. The minimum absolute atomic E-state index is 0.0525. The van der Waals surface area contributed by atoms with Crippen LogP contribution in [0.4, 0.5) is 5.69 Å². The topological polar surface area (TPSA) is 85.4 Å². The van der Waals surface area contributed by atoms with Gasteiger partial charge in [-0.1, -0.05) is 0 Å². The van der Waals surface area contributed by atoms with E-state index in [4.69, 9.17) is 14.7 Å². The molecule has 0 atom stereocenters. The van der Waals surface area contributed by atoms with E-state index < -0.39 is 4.92 Å². The van der Waals surface area contributed by atoms with Gasteiger partial charge in [0.25, 0.3) is 0 Å². The van der Waals surface area contributed by atoms with Gasteiger partial charge in [0.05, 0.1) is 25.2 Å². The highest BCUT2D eigenvalue weighted by Gasteiger charge is 2.20. The van der Waals surface area contributed by atoms with Crippen molar-refractivity contribution in [2.45, 2.75) is 0 Å².